The fourth-order valence-electron chi connectivity index (χ4n) is 3.37. The van der Waals surface area contributed by atoms with Crippen LogP contribution in [0.5, 0.6) is 0 Å². The van der Waals surface area contributed by atoms with Crippen LogP contribution in [0.3, 0.4) is 0 Å². The lowest BCUT2D eigenvalue weighted by atomic mass is 10.1. The second kappa shape index (κ2) is 7.88. The molecule has 1 aromatic carbocycles. The molecule has 0 aliphatic carbocycles. The summed E-state index contributed by atoms with van der Waals surface area (Å²) in [5.74, 6) is 0.553. The van der Waals surface area contributed by atoms with E-state index in [4.69, 9.17) is 9.15 Å². The van der Waals surface area contributed by atoms with E-state index in [0.717, 1.165) is 68.7 Å². The summed E-state index contributed by atoms with van der Waals surface area (Å²) in [5.41, 5.74) is 2.12. The summed E-state index contributed by atoms with van der Waals surface area (Å²) in [4.78, 5) is 2.45. The highest BCUT2D eigenvalue weighted by Gasteiger charge is 2.13. The molecule has 0 saturated carbocycles. The second-order valence-corrected chi connectivity index (χ2v) is 6.67. The van der Waals surface area contributed by atoms with E-state index in [1.54, 1.807) is 0 Å². The summed E-state index contributed by atoms with van der Waals surface area (Å²) in [5, 5.41) is 12.7. The number of nitrogens with one attached hydrogen (secondary N) is 1. The molecule has 0 unspecified atom stereocenters. The van der Waals surface area contributed by atoms with Crippen LogP contribution in [0.4, 0.5) is 6.01 Å². The van der Waals surface area contributed by atoms with Gasteiger partial charge in [0.15, 0.2) is 0 Å². The first-order valence-corrected chi connectivity index (χ1v) is 9.23. The quantitative estimate of drug-likeness (QED) is 0.657. The van der Waals surface area contributed by atoms with Gasteiger partial charge < -0.3 is 19.0 Å². The molecule has 138 valence electrons. The van der Waals surface area contributed by atoms with Gasteiger partial charge in [0.25, 0.3) is 0 Å². The number of fused-ring (bicyclic) bond motifs is 1. The van der Waals surface area contributed by atoms with Gasteiger partial charge in [0.1, 0.15) is 0 Å². The van der Waals surface area contributed by atoms with E-state index >= 15 is 0 Å². The highest BCUT2D eigenvalue weighted by atomic mass is 16.5. The fraction of sp³-hybridized carbons (Fsp3) is 0.474. The topological polar surface area (TPSA) is 68.4 Å². The number of benzene rings is 1. The van der Waals surface area contributed by atoms with Gasteiger partial charge in [-0.1, -0.05) is 11.2 Å². The van der Waals surface area contributed by atoms with Crippen LogP contribution in [0.15, 0.2) is 34.9 Å². The SMILES string of the molecule is Cn1ccc2c(-c3nnc(NCCCCN4CCOCC4)o3)cccc21. The van der Waals surface area contributed by atoms with Crippen molar-refractivity contribution in [1.82, 2.24) is 19.7 Å². The van der Waals surface area contributed by atoms with Crippen LogP contribution in [-0.4, -0.2) is 59.1 Å². The monoisotopic (exact) mass is 355 g/mol. The number of morpholine rings is 1. The summed E-state index contributed by atoms with van der Waals surface area (Å²) >= 11 is 0. The van der Waals surface area contributed by atoms with Crippen LogP contribution in [0.25, 0.3) is 22.4 Å². The van der Waals surface area contributed by atoms with Crippen molar-refractivity contribution in [3.8, 4) is 11.5 Å². The lowest BCUT2D eigenvalue weighted by Crippen LogP contribution is -2.36. The predicted octanol–water partition coefficient (Wildman–Crippen LogP) is 2.75. The predicted molar refractivity (Wildman–Crippen MR) is 101 cm³/mol. The molecule has 3 heterocycles. The number of ether oxygens (including phenoxy) is 1. The first-order chi connectivity index (χ1) is 12.8. The van der Waals surface area contributed by atoms with Crippen molar-refractivity contribution in [3.63, 3.8) is 0 Å². The Labute approximate surface area is 152 Å². The highest BCUT2D eigenvalue weighted by Crippen LogP contribution is 2.28. The Morgan fingerprint density at radius 2 is 2.00 bits per heavy atom. The lowest BCUT2D eigenvalue weighted by Gasteiger charge is -2.26. The number of rotatable bonds is 7. The van der Waals surface area contributed by atoms with Gasteiger partial charge in [0.05, 0.1) is 13.2 Å². The molecule has 0 bridgehead atoms. The standard InChI is InChI=1S/C19H25N5O2/c1-23-10-7-15-16(5-4-6-17(15)23)18-21-22-19(26-18)20-8-2-3-9-24-11-13-25-14-12-24/h4-7,10H,2-3,8-9,11-14H2,1H3,(H,20,22). The summed E-state index contributed by atoms with van der Waals surface area (Å²) in [7, 11) is 2.03. The Balaban J connectivity index is 1.30. The minimum Gasteiger partial charge on any atom is -0.403 e. The van der Waals surface area contributed by atoms with Crippen LogP contribution in [0.2, 0.25) is 0 Å². The number of hydrogen-bond acceptors (Lipinski definition) is 6. The molecule has 0 spiro atoms. The Morgan fingerprint density at radius 3 is 2.88 bits per heavy atom. The van der Waals surface area contributed by atoms with Gasteiger partial charge in [0.2, 0.25) is 5.89 Å². The minimum absolute atomic E-state index is 0.485. The average molecular weight is 355 g/mol. The van der Waals surface area contributed by atoms with Crippen LogP contribution < -0.4 is 5.32 Å². The average Bonchev–Trinajstić information content (AvgIpc) is 3.29. The molecule has 7 heteroatoms. The van der Waals surface area contributed by atoms with Gasteiger partial charge in [-0.25, -0.2) is 0 Å². The molecule has 0 amide bonds. The lowest BCUT2D eigenvalue weighted by molar-refractivity contribution is 0.0373. The first-order valence-electron chi connectivity index (χ1n) is 9.23. The summed E-state index contributed by atoms with van der Waals surface area (Å²) < 4.78 is 13.3. The zero-order chi connectivity index (χ0) is 17.8. The molecule has 1 saturated heterocycles. The van der Waals surface area contributed by atoms with E-state index in [9.17, 15) is 0 Å². The maximum Gasteiger partial charge on any atom is 0.315 e. The number of aromatic nitrogens is 3. The molecule has 26 heavy (non-hydrogen) atoms. The molecular weight excluding hydrogens is 330 g/mol. The molecule has 4 rings (SSSR count). The Bertz CT molecular complexity index is 851. The van der Waals surface area contributed by atoms with Crippen LogP contribution in [-0.2, 0) is 11.8 Å². The molecule has 2 aromatic heterocycles. The number of hydrogen-bond donors (Lipinski definition) is 1. The molecule has 7 nitrogen and oxygen atoms in total. The molecule has 3 aromatic rings. The van der Waals surface area contributed by atoms with Gasteiger partial charge in [-0.15, -0.1) is 5.10 Å². The third-order valence-electron chi connectivity index (χ3n) is 4.86. The minimum atomic E-state index is 0.485. The third kappa shape index (κ3) is 3.73. The van der Waals surface area contributed by atoms with Gasteiger partial charge in [-0.05, 0) is 37.6 Å². The van der Waals surface area contributed by atoms with E-state index in [2.05, 4.69) is 37.1 Å². The van der Waals surface area contributed by atoms with Gasteiger partial charge in [-0.2, -0.15) is 0 Å². The summed E-state index contributed by atoms with van der Waals surface area (Å²) in [6.45, 7) is 5.77. The van der Waals surface area contributed by atoms with E-state index in [1.165, 1.54) is 0 Å². The number of anilines is 1. The molecule has 1 N–H and O–H groups in total. The molecule has 1 aliphatic heterocycles. The van der Waals surface area contributed by atoms with Crippen molar-refractivity contribution >= 4 is 16.9 Å². The Morgan fingerprint density at radius 1 is 1.12 bits per heavy atom. The first kappa shape index (κ1) is 17.1. The van der Waals surface area contributed by atoms with E-state index in [1.807, 2.05) is 25.4 Å². The van der Waals surface area contributed by atoms with Gasteiger partial charge >= 0.3 is 6.01 Å². The summed E-state index contributed by atoms with van der Waals surface area (Å²) in [6.07, 6.45) is 4.26. The molecular formula is C19H25N5O2. The molecule has 0 radical (unpaired) electrons. The van der Waals surface area contributed by atoms with Crippen LogP contribution in [0, 0.1) is 0 Å². The van der Waals surface area contributed by atoms with Crippen molar-refractivity contribution in [1.29, 1.82) is 0 Å². The molecule has 0 atom stereocenters. The fourth-order valence-corrected chi connectivity index (χ4v) is 3.37. The van der Waals surface area contributed by atoms with Crippen molar-refractivity contribution in [2.75, 3.05) is 44.7 Å². The van der Waals surface area contributed by atoms with Crippen molar-refractivity contribution in [2.45, 2.75) is 12.8 Å². The highest BCUT2D eigenvalue weighted by molar-refractivity contribution is 5.93. The number of nitrogens with zero attached hydrogens (tertiary/aromatic N) is 4. The summed E-state index contributed by atoms with van der Waals surface area (Å²) in [6, 6.07) is 8.68. The van der Waals surface area contributed by atoms with E-state index < -0.39 is 0 Å². The molecule has 1 fully saturated rings. The second-order valence-electron chi connectivity index (χ2n) is 6.67. The maximum absolute atomic E-state index is 5.81. The van der Waals surface area contributed by atoms with Gasteiger partial charge in [-0.3, -0.25) is 4.90 Å². The van der Waals surface area contributed by atoms with Crippen molar-refractivity contribution < 1.29 is 9.15 Å². The van der Waals surface area contributed by atoms with Crippen molar-refractivity contribution in [3.05, 3.63) is 30.5 Å². The van der Waals surface area contributed by atoms with Crippen molar-refractivity contribution in [2.24, 2.45) is 7.05 Å². The normalized spacial score (nSPS) is 15.6. The zero-order valence-corrected chi connectivity index (χ0v) is 15.1. The molecule has 1 aliphatic rings. The third-order valence-corrected chi connectivity index (χ3v) is 4.86. The van der Waals surface area contributed by atoms with E-state index in [-0.39, 0.29) is 0 Å². The van der Waals surface area contributed by atoms with Gasteiger partial charge in [0, 0.05) is 49.3 Å². The Kier molecular flexibility index (Phi) is 5.17. The van der Waals surface area contributed by atoms with Crippen LogP contribution in [0.1, 0.15) is 12.8 Å². The number of unbranched alkanes of at least 4 members (excludes halogenated alkanes) is 1. The number of aryl methyl sites for hydroxylation is 1. The smallest absolute Gasteiger partial charge is 0.315 e. The van der Waals surface area contributed by atoms with Crippen LogP contribution >= 0.6 is 0 Å². The largest absolute Gasteiger partial charge is 0.403 e. The maximum atomic E-state index is 5.81. The Hall–Kier alpha value is -2.38. The van der Waals surface area contributed by atoms with E-state index in [0.29, 0.717) is 11.9 Å². The zero-order valence-electron chi connectivity index (χ0n) is 15.1.